The summed E-state index contributed by atoms with van der Waals surface area (Å²) in [5.74, 6) is 0.173. The monoisotopic (exact) mass is 273 g/mol. The first-order valence-corrected chi connectivity index (χ1v) is 6.66. The number of halogens is 2. The fraction of sp³-hybridized carbons (Fsp3) is 0.538. The molecule has 1 aromatic carbocycles. The Morgan fingerprint density at radius 1 is 1.41 bits per heavy atom. The summed E-state index contributed by atoms with van der Waals surface area (Å²) in [5.41, 5.74) is -0.213. The highest BCUT2D eigenvalue weighted by molar-refractivity contribution is 6.33. The highest BCUT2D eigenvalue weighted by Crippen LogP contribution is 2.38. The number of rotatable bonds is 2. The molecule has 0 aromatic heterocycles. The molecule has 2 nitrogen and oxygen atoms in total. The largest absolute Gasteiger partial charge is 0.385 e. The Balaban J connectivity index is 2.32. The molecule has 0 radical (unpaired) electrons. The van der Waals surface area contributed by atoms with E-state index >= 15 is 0 Å². The van der Waals surface area contributed by atoms with Gasteiger partial charge in [-0.3, -0.25) is 0 Å². The Bertz CT molecular complexity index is 400. The average Bonchev–Trinajstić information content (AvgIpc) is 2.33. The van der Waals surface area contributed by atoms with Crippen molar-refractivity contribution in [3.63, 3.8) is 0 Å². The standard InChI is InChI=1S/C13H17Cl2NO/c1-13(17,9-3-2-6-16-8-9)11-7-10(14)4-5-12(11)15/h4-5,7,9,16-17H,2-3,6,8H2,1H3. The van der Waals surface area contributed by atoms with Crippen LogP contribution in [0.15, 0.2) is 18.2 Å². The lowest BCUT2D eigenvalue weighted by molar-refractivity contribution is -0.0155. The van der Waals surface area contributed by atoms with Crippen molar-refractivity contribution in [1.82, 2.24) is 5.32 Å². The van der Waals surface area contributed by atoms with Gasteiger partial charge < -0.3 is 10.4 Å². The minimum atomic E-state index is -0.935. The van der Waals surface area contributed by atoms with E-state index in [1.54, 1.807) is 18.2 Å². The Labute approximate surface area is 112 Å². The van der Waals surface area contributed by atoms with Crippen molar-refractivity contribution in [3.8, 4) is 0 Å². The van der Waals surface area contributed by atoms with Gasteiger partial charge in [0.05, 0.1) is 5.60 Å². The first-order chi connectivity index (χ1) is 8.01. The molecule has 2 atom stereocenters. The fourth-order valence-electron chi connectivity index (χ4n) is 2.44. The highest BCUT2D eigenvalue weighted by atomic mass is 35.5. The number of piperidine rings is 1. The van der Waals surface area contributed by atoms with Gasteiger partial charge in [-0.05, 0) is 44.5 Å². The van der Waals surface area contributed by atoms with E-state index in [1.807, 2.05) is 6.92 Å². The first kappa shape index (κ1) is 13.2. The van der Waals surface area contributed by atoms with E-state index in [9.17, 15) is 5.11 Å². The zero-order valence-electron chi connectivity index (χ0n) is 9.84. The second kappa shape index (κ2) is 5.15. The van der Waals surface area contributed by atoms with E-state index in [2.05, 4.69) is 5.32 Å². The van der Waals surface area contributed by atoms with Crippen LogP contribution >= 0.6 is 23.2 Å². The molecule has 1 fully saturated rings. The lowest BCUT2D eigenvalue weighted by atomic mass is 9.79. The maximum atomic E-state index is 10.7. The van der Waals surface area contributed by atoms with Crippen molar-refractivity contribution in [3.05, 3.63) is 33.8 Å². The van der Waals surface area contributed by atoms with Crippen molar-refractivity contribution in [2.45, 2.75) is 25.4 Å². The van der Waals surface area contributed by atoms with Crippen LogP contribution in [0.25, 0.3) is 0 Å². The molecule has 2 rings (SSSR count). The van der Waals surface area contributed by atoms with Crippen LogP contribution in [0.5, 0.6) is 0 Å². The van der Waals surface area contributed by atoms with E-state index in [-0.39, 0.29) is 5.92 Å². The molecule has 1 saturated heterocycles. The summed E-state index contributed by atoms with van der Waals surface area (Å²) in [6.07, 6.45) is 2.09. The number of nitrogens with one attached hydrogen (secondary N) is 1. The van der Waals surface area contributed by atoms with Gasteiger partial charge in [0.1, 0.15) is 0 Å². The molecule has 0 saturated carbocycles. The predicted octanol–water partition coefficient (Wildman–Crippen LogP) is 3.20. The van der Waals surface area contributed by atoms with Crippen LogP contribution in [0.1, 0.15) is 25.3 Å². The molecule has 94 valence electrons. The molecular weight excluding hydrogens is 257 g/mol. The highest BCUT2D eigenvalue weighted by Gasteiger charge is 2.36. The van der Waals surface area contributed by atoms with Crippen molar-refractivity contribution in [1.29, 1.82) is 0 Å². The molecule has 2 unspecified atom stereocenters. The summed E-state index contributed by atoms with van der Waals surface area (Å²) >= 11 is 12.1. The van der Waals surface area contributed by atoms with Crippen molar-refractivity contribution < 1.29 is 5.11 Å². The fourth-order valence-corrected chi connectivity index (χ4v) is 2.92. The molecule has 1 aliphatic heterocycles. The number of hydrogen-bond donors (Lipinski definition) is 2. The van der Waals surface area contributed by atoms with Crippen molar-refractivity contribution in [2.24, 2.45) is 5.92 Å². The van der Waals surface area contributed by atoms with E-state index in [1.165, 1.54) is 0 Å². The van der Waals surface area contributed by atoms with Crippen LogP contribution in [0.4, 0.5) is 0 Å². The van der Waals surface area contributed by atoms with Gasteiger partial charge in [-0.2, -0.15) is 0 Å². The second-order valence-corrected chi connectivity index (χ2v) is 5.66. The van der Waals surface area contributed by atoms with Crippen molar-refractivity contribution >= 4 is 23.2 Å². The van der Waals surface area contributed by atoms with Gasteiger partial charge in [-0.25, -0.2) is 0 Å². The van der Waals surface area contributed by atoms with Crippen molar-refractivity contribution in [2.75, 3.05) is 13.1 Å². The third kappa shape index (κ3) is 2.76. The van der Waals surface area contributed by atoms with Crippen LogP contribution in [0.2, 0.25) is 10.0 Å². The lowest BCUT2D eigenvalue weighted by Crippen LogP contribution is -2.42. The normalized spacial score (nSPS) is 24.4. The van der Waals surface area contributed by atoms with Crippen LogP contribution in [0, 0.1) is 5.92 Å². The Morgan fingerprint density at radius 3 is 2.82 bits per heavy atom. The average molecular weight is 274 g/mol. The van der Waals surface area contributed by atoms with Crippen LogP contribution in [0.3, 0.4) is 0 Å². The molecule has 4 heteroatoms. The summed E-state index contributed by atoms with van der Waals surface area (Å²) in [7, 11) is 0. The summed E-state index contributed by atoms with van der Waals surface area (Å²) in [5, 5.41) is 15.2. The lowest BCUT2D eigenvalue weighted by Gasteiger charge is -2.36. The van der Waals surface area contributed by atoms with Gasteiger partial charge in [0, 0.05) is 28.1 Å². The third-order valence-electron chi connectivity index (χ3n) is 3.57. The zero-order chi connectivity index (χ0) is 12.5. The minimum absolute atomic E-state index is 0.173. The molecule has 0 bridgehead atoms. The molecule has 1 aliphatic rings. The van der Waals surface area contributed by atoms with E-state index in [0.29, 0.717) is 10.0 Å². The molecule has 2 N–H and O–H groups in total. The second-order valence-electron chi connectivity index (χ2n) is 4.81. The van der Waals surface area contributed by atoms with Crippen LogP contribution in [-0.4, -0.2) is 18.2 Å². The van der Waals surface area contributed by atoms with E-state index in [4.69, 9.17) is 23.2 Å². The Morgan fingerprint density at radius 2 is 2.18 bits per heavy atom. The third-order valence-corrected chi connectivity index (χ3v) is 4.13. The van der Waals surface area contributed by atoms with E-state index in [0.717, 1.165) is 31.5 Å². The quantitative estimate of drug-likeness (QED) is 0.868. The molecule has 0 aliphatic carbocycles. The summed E-state index contributed by atoms with van der Waals surface area (Å²) in [6, 6.07) is 5.24. The topological polar surface area (TPSA) is 32.3 Å². The number of benzene rings is 1. The van der Waals surface area contributed by atoms with Crippen LogP contribution < -0.4 is 5.32 Å². The van der Waals surface area contributed by atoms with Gasteiger partial charge in [0.2, 0.25) is 0 Å². The molecule has 0 amide bonds. The SMILES string of the molecule is CC(O)(c1cc(Cl)ccc1Cl)C1CCCNC1. The van der Waals surface area contributed by atoms with E-state index < -0.39 is 5.60 Å². The predicted molar refractivity (Wildman–Crippen MR) is 71.6 cm³/mol. The number of hydrogen-bond acceptors (Lipinski definition) is 2. The van der Waals surface area contributed by atoms with Gasteiger partial charge in [-0.1, -0.05) is 23.2 Å². The van der Waals surface area contributed by atoms with Gasteiger partial charge in [0.25, 0.3) is 0 Å². The minimum Gasteiger partial charge on any atom is -0.385 e. The summed E-state index contributed by atoms with van der Waals surface area (Å²) < 4.78 is 0. The van der Waals surface area contributed by atoms with Gasteiger partial charge in [0.15, 0.2) is 0 Å². The molecule has 0 spiro atoms. The maximum Gasteiger partial charge on any atom is 0.0923 e. The zero-order valence-corrected chi connectivity index (χ0v) is 11.4. The molecular formula is C13H17Cl2NO. The van der Waals surface area contributed by atoms with Crippen LogP contribution in [-0.2, 0) is 5.60 Å². The smallest absolute Gasteiger partial charge is 0.0923 e. The molecule has 1 aromatic rings. The molecule has 1 heterocycles. The Hall–Kier alpha value is -0.280. The summed E-state index contributed by atoms with van der Waals surface area (Å²) in [4.78, 5) is 0. The first-order valence-electron chi connectivity index (χ1n) is 5.90. The number of aliphatic hydroxyl groups is 1. The Kier molecular flexibility index (Phi) is 3.99. The molecule has 17 heavy (non-hydrogen) atoms. The van der Waals surface area contributed by atoms with Gasteiger partial charge >= 0.3 is 0 Å². The van der Waals surface area contributed by atoms with Gasteiger partial charge in [-0.15, -0.1) is 0 Å². The maximum absolute atomic E-state index is 10.7. The summed E-state index contributed by atoms with van der Waals surface area (Å²) in [6.45, 7) is 3.66.